The van der Waals surface area contributed by atoms with E-state index in [1.165, 1.54) is 24.3 Å². The molecule has 0 atom stereocenters. The molecule has 0 unspecified atom stereocenters. The fourth-order valence-electron chi connectivity index (χ4n) is 2.74. The van der Waals surface area contributed by atoms with Gasteiger partial charge in [0.25, 0.3) is 0 Å². The standard InChI is InChI=1S/C24H18N4O2S/c29-31(30,23-15-11-21(12-16-23)27-25-19-7-3-1-4-8-19)24-17-13-22(14-18-24)28-26-20-9-5-2-6-10-20/h1-18H. The van der Waals surface area contributed by atoms with Crippen LogP contribution in [0.15, 0.2) is 139 Å². The first-order valence-corrected chi connectivity index (χ1v) is 11.0. The molecule has 7 heteroatoms. The van der Waals surface area contributed by atoms with Crippen LogP contribution >= 0.6 is 0 Å². The highest BCUT2D eigenvalue weighted by Gasteiger charge is 2.17. The van der Waals surface area contributed by atoms with E-state index in [1.54, 1.807) is 24.3 Å². The summed E-state index contributed by atoms with van der Waals surface area (Å²) >= 11 is 0. The minimum absolute atomic E-state index is 0.185. The number of azo groups is 2. The van der Waals surface area contributed by atoms with Crippen molar-refractivity contribution >= 4 is 32.6 Å². The summed E-state index contributed by atoms with van der Waals surface area (Å²) in [4.78, 5) is 0.370. The molecule has 0 spiro atoms. The van der Waals surface area contributed by atoms with Gasteiger partial charge in [-0.05, 0) is 72.8 Å². The summed E-state index contributed by atoms with van der Waals surface area (Å²) in [7, 11) is -3.65. The van der Waals surface area contributed by atoms with Gasteiger partial charge in [0.15, 0.2) is 0 Å². The molecule has 0 amide bonds. The third-order valence-electron chi connectivity index (χ3n) is 4.37. The van der Waals surface area contributed by atoms with Gasteiger partial charge in [-0.15, -0.1) is 0 Å². The number of rotatable bonds is 6. The van der Waals surface area contributed by atoms with E-state index in [4.69, 9.17) is 0 Å². The van der Waals surface area contributed by atoms with Crippen molar-refractivity contribution in [2.75, 3.05) is 0 Å². The predicted molar refractivity (Wildman–Crippen MR) is 120 cm³/mol. The molecular formula is C24H18N4O2S. The van der Waals surface area contributed by atoms with Crippen LogP contribution in [-0.2, 0) is 9.84 Å². The van der Waals surface area contributed by atoms with E-state index in [1.807, 2.05) is 60.7 Å². The van der Waals surface area contributed by atoms with Crippen LogP contribution in [0.1, 0.15) is 0 Å². The molecule has 0 saturated carbocycles. The van der Waals surface area contributed by atoms with Gasteiger partial charge in [0, 0.05) is 0 Å². The summed E-state index contributed by atoms with van der Waals surface area (Å²) < 4.78 is 25.8. The summed E-state index contributed by atoms with van der Waals surface area (Å²) in [6, 6.07) is 31.3. The maximum Gasteiger partial charge on any atom is 0.206 e. The summed E-state index contributed by atoms with van der Waals surface area (Å²) in [5, 5.41) is 16.5. The van der Waals surface area contributed by atoms with E-state index >= 15 is 0 Å². The van der Waals surface area contributed by atoms with Gasteiger partial charge in [-0.3, -0.25) is 0 Å². The first-order chi connectivity index (χ1) is 15.1. The van der Waals surface area contributed by atoms with Crippen LogP contribution in [0.5, 0.6) is 0 Å². The zero-order chi connectivity index (χ0) is 21.5. The van der Waals surface area contributed by atoms with Crippen LogP contribution in [0.25, 0.3) is 0 Å². The van der Waals surface area contributed by atoms with Crippen LogP contribution < -0.4 is 0 Å². The first-order valence-electron chi connectivity index (χ1n) is 9.50. The topological polar surface area (TPSA) is 83.6 Å². The van der Waals surface area contributed by atoms with Gasteiger partial charge in [-0.2, -0.15) is 20.5 Å². The zero-order valence-corrected chi connectivity index (χ0v) is 17.2. The van der Waals surface area contributed by atoms with Gasteiger partial charge < -0.3 is 0 Å². The van der Waals surface area contributed by atoms with Crippen molar-refractivity contribution in [3.8, 4) is 0 Å². The Balaban J connectivity index is 1.49. The highest BCUT2D eigenvalue weighted by Crippen LogP contribution is 2.26. The van der Waals surface area contributed by atoms with Crippen molar-refractivity contribution in [3.63, 3.8) is 0 Å². The first kappa shape index (κ1) is 20.3. The minimum Gasteiger partial charge on any atom is -0.219 e. The lowest BCUT2D eigenvalue weighted by atomic mass is 10.3. The molecule has 4 aromatic rings. The molecule has 0 radical (unpaired) electrons. The molecule has 152 valence electrons. The maximum atomic E-state index is 12.9. The SMILES string of the molecule is O=S(=O)(c1ccc(N=Nc2ccccc2)cc1)c1ccc(N=Nc2ccccc2)cc1. The second kappa shape index (κ2) is 9.23. The third-order valence-corrected chi connectivity index (χ3v) is 6.15. The number of hydrogen-bond acceptors (Lipinski definition) is 6. The van der Waals surface area contributed by atoms with Gasteiger partial charge in [0.2, 0.25) is 9.84 Å². The Morgan fingerprint density at radius 3 is 1.00 bits per heavy atom. The van der Waals surface area contributed by atoms with Crippen molar-refractivity contribution in [3.05, 3.63) is 109 Å². The van der Waals surface area contributed by atoms with Gasteiger partial charge in [-0.1, -0.05) is 36.4 Å². The highest BCUT2D eigenvalue weighted by molar-refractivity contribution is 7.91. The normalized spacial score (nSPS) is 11.9. The fraction of sp³-hybridized carbons (Fsp3) is 0. The lowest BCUT2D eigenvalue weighted by Gasteiger charge is -2.05. The molecule has 0 bridgehead atoms. The van der Waals surface area contributed by atoms with Crippen molar-refractivity contribution in [1.29, 1.82) is 0 Å². The van der Waals surface area contributed by atoms with E-state index in [0.29, 0.717) is 11.4 Å². The Morgan fingerprint density at radius 1 is 0.387 bits per heavy atom. The second-order valence-corrected chi connectivity index (χ2v) is 8.51. The van der Waals surface area contributed by atoms with E-state index in [-0.39, 0.29) is 9.79 Å². The molecule has 4 rings (SSSR count). The Bertz CT molecular complexity index is 1200. The van der Waals surface area contributed by atoms with Crippen LogP contribution in [0.4, 0.5) is 22.7 Å². The van der Waals surface area contributed by atoms with E-state index in [2.05, 4.69) is 20.5 Å². The molecule has 0 fully saturated rings. The summed E-state index contributed by atoms with van der Waals surface area (Å²) in [5.41, 5.74) is 2.59. The fourth-order valence-corrected chi connectivity index (χ4v) is 4.00. The van der Waals surface area contributed by atoms with Crippen LogP contribution in [0.2, 0.25) is 0 Å². The van der Waals surface area contributed by atoms with Crippen molar-refractivity contribution < 1.29 is 8.42 Å². The van der Waals surface area contributed by atoms with Crippen LogP contribution in [-0.4, -0.2) is 8.42 Å². The van der Waals surface area contributed by atoms with Gasteiger partial charge in [-0.25, -0.2) is 8.42 Å². The quantitative estimate of drug-likeness (QED) is 0.302. The van der Waals surface area contributed by atoms with Crippen molar-refractivity contribution in [1.82, 2.24) is 0 Å². The lowest BCUT2D eigenvalue weighted by Crippen LogP contribution is -2.01. The Labute approximate surface area is 180 Å². The highest BCUT2D eigenvalue weighted by atomic mass is 32.2. The average Bonchev–Trinajstić information content (AvgIpc) is 2.83. The minimum atomic E-state index is -3.65. The lowest BCUT2D eigenvalue weighted by molar-refractivity contribution is 0.596. The summed E-state index contributed by atoms with van der Waals surface area (Å²) in [5.74, 6) is 0. The molecular weight excluding hydrogens is 408 g/mol. The zero-order valence-electron chi connectivity index (χ0n) is 16.4. The Hall–Kier alpha value is -3.97. The number of sulfone groups is 1. The molecule has 0 N–H and O–H groups in total. The molecule has 0 saturated heterocycles. The monoisotopic (exact) mass is 426 g/mol. The molecule has 0 aromatic heterocycles. The molecule has 31 heavy (non-hydrogen) atoms. The number of hydrogen-bond donors (Lipinski definition) is 0. The predicted octanol–water partition coefficient (Wildman–Crippen LogP) is 7.35. The largest absolute Gasteiger partial charge is 0.219 e. The smallest absolute Gasteiger partial charge is 0.206 e. The summed E-state index contributed by atoms with van der Waals surface area (Å²) in [6.45, 7) is 0. The Kier molecular flexibility index (Phi) is 6.05. The number of benzene rings is 4. The van der Waals surface area contributed by atoms with Gasteiger partial charge in [0.1, 0.15) is 0 Å². The van der Waals surface area contributed by atoms with Crippen molar-refractivity contribution in [2.24, 2.45) is 20.5 Å². The average molecular weight is 427 g/mol. The van der Waals surface area contributed by atoms with Gasteiger partial charge >= 0.3 is 0 Å². The molecule has 6 nitrogen and oxygen atoms in total. The summed E-state index contributed by atoms with van der Waals surface area (Å²) in [6.07, 6.45) is 0. The number of nitrogens with zero attached hydrogens (tertiary/aromatic N) is 4. The maximum absolute atomic E-state index is 12.9. The molecule has 0 heterocycles. The molecule has 0 aliphatic rings. The van der Waals surface area contributed by atoms with Crippen LogP contribution in [0, 0.1) is 0 Å². The third kappa shape index (κ3) is 5.15. The Morgan fingerprint density at radius 2 is 0.677 bits per heavy atom. The second-order valence-electron chi connectivity index (χ2n) is 6.56. The van der Waals surface area contributed by atoms with E-state index < -0.39 is 9.84 Å². The molecule has 4 aromatic carbocycles. The van der Waals surface area contributed by atoms with Gasteiger partial charge in [0.05, 0.1) is 32.5 Å². The van der Waals surface area contributed by atoms with Crippen molar-refractivity contribution in [2.45, 2.75) is 9.79 Å². The van der Waals surface area contributed by atoms with E-state index in [9.17, 15) is 8.42 Å². The molecule has 0 aliphatic carbocycles. The molecule has 0 aliphatic heterocycles. The van der Waals surface area contributed by atoms with E-state index in [0.717, 1.165) is 11.4 Å². The van der Waals surface area contributed by atoms with Crippen LogP contribution in [0.3, 0.4) is 0 Å².